The van der Waals surface area contributed by atoms with Crippen LogP contribution in [0.25, 0.3) is 11.1 Å². The maximum atomic E-state index is 12.0. The molecular formula is C21H26ClN3O4. The smallest absolute Gasteiger partial charge is 0.250 e. The molecule has 1 aromatic carbocycles. The van der Waals surface area contributed by atoms with Crippen molar-refractivity contribution in [1.29, 1.82) is 0 Å². The van der Waals surface area contributed by atoms with Gasteiger partial charge < -0.3 is 19.3 Å². The Labute approximate surface area is 175 Å². The Morgan fingerprint density at radius 3 is 2.66 bits per heavy atom. The molecule has 0 radical (unpaired) electrons. The van der Waals surface area contributed by atoms with Crippen molar-refractivity contribution in [3.05, 3.63) is 51.9 Å². The molecule has 0 bridgehead atoms. The Morgan fingerprint density at radius 1 is 1.17 bits per heavy atom. The number of β-amino-alcohol motifs (C(OH)–C–C–N with tert-alkyl or cyclic N) is 1. The summed E-state index contributed by atoms with van der Waals surface area (Å²) < 4.78 is 7.25. The van der Waals surface area contributed by atoms with Gasteiger partial charge in [-0.05, 0) is 42.3 Å². The van der Waals surface area contributed by atoms with E-state index in [9.17, 15) is 14.7 Å². The number of hydrogen-bond donors (Lipinski definition) is 1. The predicted molar refractivity (Wildman–Crippen MR) is 112 cm³/mol. The molecule has 0 aliphatic carbocycles. The molecule has 1 aliphatic heterocycles. The van der Waals surface area contributed by atoms with Crippen LogP contribution < -0.4 is 10.3 Å². The largest absolute Gasteiger partial charge is 0.491 e. The number of amides is 1. The van der Waals surface area contributed by atoms with Gasteiger partial charge in [-0.1, -0.05) is 11.6 Å². The Hall–Kier alpha value is -2.35. The fourth-order valence-corrected chi connectivity index (χ4v) is 3.59. The van der Waals surface area contributed by atoms with E-state index >= 15 is 0 Å². The number of ether oxygens (including phenoxy) is 1. The molecule has 2 heterocycles. The van der Waals surface area contributed by atoms with E-state index in [1.54, 1.807) is 31.4 Å². The van der Waals surface area contributed by atoms with Crippen LogP contribution in [0.3, 0.4) is 0 Å². The molecule has 1 aliphatic rings. The number of aryl methyl sites for hydroxylation is 1. The van der Waals surface area contributed by atoms with Gasteiger partial charge in [-0.25, -0.2) is 0 Å². The zero-order chi connectivity index (χ0) is 21.0. The summed E-state index contributed by atoms with van der Waals surface area (Å²) in [6.45, 7) is 4.88. The summed E-state index contributed by atoms with van der Waals surface area (Å²) in [5, 5.41) is 10.8. The summed E-state index contributed by atoms with van der Waals surface area (Å²) >= 11 is 6.22. The highest BCUT2D eigenvalue weighted by atomic mass is 35.5. The van der Waals surface area contributed by atoms with Crippen molar-refractivity contribution >= 4 is 17.5 Å². The summed E-state index contributed by atoms with van der Waals surface area (Å²) in [7, 11) is 1.69. The first kappa shape index (κ1) is 21.4. The fraction of sp³-hybridized carbons (Fsp3) is 0.429. The fourth-order valence-electron chi connectivity index (χ4n) is 3.37. The lowest BCUT2D eigenvalue weighted by atomic mass is 10.1. The average molecular weight is 420 g/mol. The topological polar surface area (TPSA) is 75.0 Å². The van der Waals surface area contributed by atoms with Crippen LogP contribution in [0.15, 0.2) is 41.3 Å². The highest BCUT2D eigenvalue weighted by Gasteiger charge is 2.24. The van der Waals surface area contributed by atoms with Crippen molar-refractivity contribution < 1.29 is 14.6 Å². The van der Waals surface area contributed by atoms with E-state index in [0.717, 1.165) is 17.7 Å². The van der Waals surface area contributed by atoms with E-state index < -0.39 is 6.10 Å². The predicted octanol–water partition coefficient (Wildman–Crippen LogP) is 1.61. The third kappa shape index (κ3) is 5.59. The Kier molecular flexibility index (Phi) is 6.95. The molecule has 1 aromatic heterocycles. The number of hydrogen-bond acceptors (Lipinski definition) is 5. The normalized spacial score (nSPS) is 16.1. The molecule has 1 fully saturated rings. The van der Waals surface area contributed by atoms with Crippen LogP contribution in [0.5, 0.6) is 5.75 Å². The number of aliphatic hydroxyl groups is 1. The summed E-state index contributed by atoms with van der Waals surface area (Å²) in [4.78, 5) is 27.3. The lowest BCUT2D eigenvalue weighted by molar-refractivity contribution is -0.136. The second kappa shape index (κ2) is 9.43. The number of halogens is 1. The number of benzene rings is 1. The molecule has 2 aromatic rings. The standard InChI is InChI=1S/C21H26ClN3O4/c1-3-25-7-6-24(13-21(25)28)12-18(26)14-29-19-9-16(8-17(22)10-19)15-4-5-20(27)23(2)11-15/h4-5,8-11,18,26H,3,6-7,12-14H2,1-2H3. The molecule has 1 saturated heterocycles. The maximum Gasteiger partial charge on any atom is 0.250 e. The number of likely N-dealkylation sites (N-methyl/N-ethyl adjacent to an activating group) is 1. The minimum atomic E-state index is -0.726. The third-order valence-corrected chi connectivity index (χ3v) is 5.20. The van der Waals surface area contributed by atoms with Crippen molar-refractivity contribution in [3.63, 3.8) is 0 Å². The van der Waals surface area contributed by atoms with Gasteiger partial charge in [0.25, 0.3) is 0 Å². The zero-order valence-electron chi connectivity index (χ0n) is 16.7. The molecule has 1 amide bonds. The van der Waals surface area contributed by atoms with Gasteiger partial charge in [-0.15, -0.1) is 0 Å². The Morgan fingerprint density at radius 2 is 1.97 bits per heavy atom. The van der Waals surface area contributed by atoms with E-state index in [0.29, 0.717) is 37.0 Å². The number of aromatic nitrogens is 1. The van der Waals surface area contributed by atoms with Gasteiger partial charge in [0.05, 0.1) is 6.54 Å². The van der Waals surface area contributed by atoms with Gasteiger partial charge in [0.2, 0.25) is 11.5 Å². The van der Waals surface area contributed by atoms with E-state index in [-0.39, 0.29) is 18.1 Å². The molecule has 8 heteroatoms. The second-order valence-corrected chi connectivity index (χ2v) is 7.65. The number of rotatable bonds is 7. The lowest BCUT2D eigenvalue weighted by Gasteiger charge is -2.34. The molecule has 156 valence electrons. The van der Waals surface area contributed by atoms with Crippen molar-refractivity contribution in [3.8, 4) is 16.9 Å². The second-order valence-electron chi connectivity index (χ2n) is 7.22. The molecule has 3 rings (SSSR count). The Balaban J connectivity index is 1.60. The number of carbonyl (C=O) groups excluding carboxylic acids is 1. The highest BCUT2D eigenvalue weighted by Crippen LogP contribution is 2.28. The molecule has 0 spiro atoms. The van der Waals surface area contributed by atoms with Crippen molar-refractivity contribution in [2.45, 2.75) is 13.0 Å². The van der Waals surface area contributed by atoms with Crippen molar-refractivity contribution in [2.24, 2.45) is 7.05 Å². The van der Waals surface area contributed by atoms with Crippen LogP contribution in [0.1, 0.15) is 6.92 Å². The first-order valence-electron chi connectivity index (χ1n) is 9.64. The SMILES string of the molecule is CCN1CCN(CC(O)COc2cc(Cl)cc(-c3ccc(=O)n(C)c3)c2)CC1=O. The maximum absolute atomic E-state index is 12.0. The van der Waals surface area contributed by atoms with Crippen LogP contribution in [0.4, 0.5) is 0 Å². The number of carbonyl (C=O) groups is 1. The minimum Gasteiger partial charge on any atom is -0.491 e. The third-order valence-electron chi connectivity index (χ3n) is 4.98. The van der Waals surface area contributed by atoms with Crippen LogP contribution in [-0.4, -0.2) is 70.8 Å². The first-order chi connectivity index (χ1) is 13.9. The summed E-state index contributed by atoms with van der Waals surface area (Å²) in [5.74, 6) is 0.621. The van der Waals surface area contributed by atoms with Gasteiger partial charge in [0, 0.05) is 50.5 Å². The van der Waals surface area contributed by atoms with Crippen molar-refractivity contribution in [1.82, 2.24) is 14.4 Å². The Bertz CT molecular complexity index is 930. The minimum absolute atomic E-state index is 0.0867. The van der Waals surface area contributed by atoms with Crippen LogP contribution >= 0.6 is 11.6 Å². The highest BCUT2D eigenvalue weighted by molar-refractivity contribution is 6.31. The van der Waals surface area contributed by atoms with Gasteiger partial charge in [-0.3, -0.25) is 14.5 Å². The first-order valence-corrected chi connectivity index (χ1v) is 10.0. The van der Waals surface area contributed by atoms with E-state index in [2.05, 4.69) is 0 Å². The summed E-state index contributed by atoms with van der Waals surface area (Å²) in [6, 6.07) is 8.54. The van der Waals surface area contributed by atoms with Crippen LogP contribution in [0.2, 0.25) is 5.02 Å². The molecule has 1 atom stereocenters. The van der Waals surface area contributed by atoms with Crippen LogP contribution in [0, 0.1) is 0 Å². The monoisotopic (exact) mass is 419 g/mol. The van der Waals surface area contributed by atoms with E-state index in [1.165, 1.54) is 10.6 Å². The quantitative estimate of drug-likeness (QED) is 0.738. The number of piperazine rings is 1. The van der Waals surface area contributed by atoms with E-state index in [1.807, 2.05) is 22.8 Å². The van der Waals surface area contributed by atoms with Gasteiger partial charge in [0.15, 0.2) is 0 Å². The van der Waals surface area contributed by atoms with Gasteiger partial charge in [0.1, 0.15) is 18.5 Å². The summed E-state index contributed by atoms with van der Waals surface area (Å²) in [5.41, 5.74) is 1.57. The average Bonchev–Trinajstić information content (AvgIpc) is 2.68. The van der Waals surface area contributed by atoms with Crippen molar-refractivity contribution in [2.75, 3.05) is 39.3 Å². The molecule has 29 heavy (non-hydrogen) atoms. The number of nitrogens with zero attached hydrogens (tertiary/aromatic N) is 3. The molecule has 1 unspecified atom stereocenters. The number of pyridine rings is 1. The molecule has 1 N–H and O–H groups in total. The zero-order valence-corrected chi connectivity index (χ0v) is 17.4. The molecule has 0 saturated carbocycles. The lowest BCUT2D eigenvalue weighted by Crippen LogP contribution is -2.52. The van der Waals surface area contributed by atoms with E-state index in [4.69, 9.17) is 16.3 Å². The molecule has 7 nitrogen and oxygen atoms in total. The number of aliphatic hydroxyl groups excluding tert-OH is 1. The van der Waals surface area contributed by atoms with Crippen LogP contribution in [-0.2, 0) is 11.8 Å². The van der Waals surface area contributed by atoms with Gasteiger partial charge in [-0.2, -0.15) is 0 Å². The van der Waals surface area contributed by atoms with Gasteiger partial charge >= 0.3 is 0 Å². The summed E-state index contributed by atoms with van der Waals surface area (Å²) in [6.07, 6.45) is 1.01. The molecular weight excluding hydrogens is 394 g/mol.